The van der Waals surface area contributed by atoms with Crippen LogP contribution in [0.25, 0.3) is 0 Å². The molecule has 1 saturated heterocycles. The molecule has 1 aliphatic carbocycles. The van der Waals surface area contributed by atoms with Crippen LogP contribution in [0, 0.1) is 5.92 Å². The molecular weight excluding hydrogens is 382 g/mol. The Morgan fingerprint density at radius 1 is 1.20 bits per heavy atom. The lowest BCUT2D eigenvalue weighted by Crippen LogP contribution is -2.64. The Kier molecular flexibility index (Phi) is 5.59. The van der Waals surface area contributed by atoms with Crippen LogP contribution >= 0.6 is 0 Å². The second-order valence-electron chi connectivity index (χ2n) is 9.33. The van der Waals surface area contributed by atoms with Gasteiger partial charge >= 0.3 is 0 Å². The number of hydrogen-bond acceptors (Lipinski definition) is 4. The van der Waals surface area contributed by atoms with E-state index in [4.69, 9.17) is 0 Å². The van der Waals surface area contributed by atoms with Gasteiger partial charge in [-0.1, -0.05) is 19.8 Å². The van der Waals surface area contributed by atoms with Crippen molar-refractivity contribution in [1.82, 2.24) is 24.9 Å². The molecular formula is C22H33N5O3. The number of carbonyl (C=O) groups is 3. The van der Waals surface area contributed by atoms with E-state index in [1.54, 1.807) is 22.6 Å². The van der Waals surface area contributed by atoms with Crippen molar-refractivity contribution in [2.45, 2.75) is 77.4 Å². The van der Waals surface area contributed by atoms with E-state index < -0.39 is 5.54 Å². The molecule has 3 heterocycles. The number of nitrogens with zero attached hydrogens (tertiary/aromatic N) is 4. The van der Waals surface area contributed by atoms with Crippen LogP contribution in [0.1, 0.15) is 80.3 Å². The van der Waals surface area contributed by atoms with Gasteiger partial charge in [-0.05, 0) is 45.4 Å². The van der Waals surface area contributed by atoms with Gasteiger partial charge in [-0.2, -0.15) is 5.10 Å². The number of rotatable bonds is 4. The van der Waals surface area contributed by atoms with Crippen molar-refractivity contribution in [3.63, 3.8) is 0 Å². The summed E-state index contributed by atoms with van der Waals surface area (Å²) < 4.78 is 1.56. The standard InChI is InChI=1S/C22H33N5O3/c1-4-26-20(29)18-13-17(19(28)25-11-9-15(2)10-12-25)24-27(18)14-22(26,3)21(30)23-16-7-5-6-8-16/h13,15-16H,4-12,14H2,1-3H3,(H,23,30)/t22-/m0/s1. The summed E-state index contributed by atoms with van der Waals surface area (Å²) in [7, 11) is 0. The quantitative estimate of drug-likeness (QED) is 0.815. The third-order valence-corrected chi connectivity index (χ3v) is 7.08. The first-order valence-electron chi connectivity index (χ1n) is 11.3. The molecule has 0 radical (unpaired) electrons. The summed E-state index contributed by atoms with van der Waals surface area (Å²) in [6.07, 6.45) is 6.21. The van der Waals surface area contributed by atoms with E-state index >= 15 is 0 Å². The van der Waals surface area contributed by atoms with Crippen molar-refractivity contribution in [3.8, 4) is 0 Å². The Bertz CT molecular complexity index is 836. The molecule has 164 valence electrons. The van der Waals surface area contributed by atoms with E-state index in [2.05, 4.69) is 17.3 Å². The minimum absolute atomic E-state index is 0.128. The van der Waals surface area contributed by atoms with Gasteiger partial charge < -0.3 is 15.1 Å². The Balaban J connectivity index is 1.57. The molecule has 30 heavy (non-hydrogen) atoms. The van der Waals surface area contributed by atoms with Crippen molar-refractivity contribution in [3.05, 3.63) is 17.5 Å². The molecule has 2 fully saturated rings. The topological polar surface area (TPSA) is 87.5 Å². The third-order valence-electron chi connectivity index (χ3n) is 7.08. The van der Waals surface area contributed by atoms with Crippen molar-refractivity contribution in [2.24, 2.45) is 5.92 Å². The molecule has 8 heteroatoms. The highest BCUT2D eigenvalue weighted by atomic mass is 16.2. The molecule has 1 N–H and O–H groups in total. The van der Waals surface area contributed by atoms with Crippen LogP contribution in [0.3, 0.4) is 0 Å². The lowest BCUT2D eigenvalue weighted by atomic mass is 9.94. The number of aromatic nitrogens is 2. The van der Waals surface area contributed by atoms with Crippen LogP contribution < -0.4 is 5.32 Å². The van der Waals surface area contributed by atoms with Crippen LogP contribution in [0.2, 0.25) is 0 Å². The molecule has 0 spiro atoms. The van der Waals surface area contributed by atoms with Gasteiger partial charge in [0.25, 0.3) is 11.8 Å². The summed E-state index contributed by atoms with van der Waals surface area (Å²) in [6, 6.07) is 1.78. The van der Waals surface area contributed by atoms with E-state index in [1.807, 2.05) is 11.8 Å². The van der Waals surface area contributed by atoms with Crippen molar-refractivity contribution in [2.75, 3.05) is 19.6 Å². The van der Waals surface area contributed by atoms with Gasteiger partial charge in [0.05, 0.1) is 6.54 Å². The minimum Gasteiger partial charge on any atom is -0.351 e. The van der Waals surface area contributed by atoms with Gasteiger partial charge in [0.15, 0.2) is 5.69 Å². The van der Waals surface area contributed by atoms with Crippen LogP contribution in [-0.4, -0.2) is 68.5 Å². The summed E-state index contributed by atoms with van der Waals surface area (Å²) >= 11 is 0. The fourth-order valence-electron chi connectivity index (χ4n) is 5.03. The molecule has 0 unspecified atom stereocenters. The summed E-state index contributed by atoms with van der Waals surface area (Å²) in [5, 5.41) is 7.61. The van der Waals surface area contributed by atoms with Crippen LogP contribution in [0.4, 0.5) is 0 Å². The van der Waals surface area contributed by atoms with Crippen molar-refractivity contribution in [1.29, 1.82) is 0 Å². The van der Waals surface area contributed by atoms with Gasteiger partial charge in [-0.3, -0.25) is 19.1 Å². The molecule has 1 saturated carbocycles. The van der Waals surface area contributed by atoms with Gasteiger partial charge in [-0.15, -0.1) is 0 Å². The second kappa shape index (κ2) is 8.04. The van der Waals surface area contributed by atoms with E-state index in [9.17, 15) is 14.4 Å². The lowest BCUT2D eigenvalue weighted by molar-refractivity contribution is -0.133. The Hall–Kier alpha value is -2.38. The number of amides is 3. The normalized spacial score (nSPS) is 25.5. The number of likely N-dealkylation sites (tertiary alicyclic amines) is 1. The molecule has 0 aromatic carbocycles. The van der Waals surface area contributed by atoms with E-state index in [-0.39, 0.29) is 30.3 Å². The van der Waals surface area contributed by atoms with Crippen LogP contribution in [-0.2, 0) is 11.3 Å². The largest absolute Gasteiger partial charge is 0.351 e. The number of fused-ring (bicyclic) bond motifs is 1. The first kappa shape index (κ1) is 20.9. The van der Waals surface area contributed by atoms with E-state index in [0.29, 0.717) is 23.9 Å². The monoisotopic (exact) mass is 415 g/mol. The summed E-state index contributed by atoms with van der Waals surface area (Å²) in [5.74, 6) is 0.120. The Morgan fingerprint density at radius 3 is 2.50 bits per heavy atom. The summed E-state index contributed by atoms with van der Waals surface area (Å²) in [4.78, 5) is 42.8. The zero-order chi connectivity index (χ0) is 21.5. The smallest absolute Gasteiger partial charge is 0.274 e. The van der Waals surface area contributed by atoms with E-state index in [0.717, 1.165) is 51.6 Å². The maximum Gasteiger partial charge on any atom is 0.274 e. The number of hydrogen-bond donors (Lipinski definition) is 1. The second-order valence-corrected chi connectivity index (χ2v) is 9.33. The van der Waals surface area contributed by atoms with Gasteiger partial charge in [0.2, 0.25) is 5.91 Å². The zero-order valence-electron chi connectivity index (χ0n) is 18.3. The maximum atomic E-state index is 13.2. The molecule has 8 nitrogen and oxygen atoms in total. The SMILES string of the molecule is CCN1C(=O)c2cc(C(=O)N3CCC(C)CC3)nn2C[C@@]1(C)C(=O)NC1CCCC1. The fourth-order valence-corrected chi connectivity index (χ4v) is 5.03. The molecule has 3 amide bonds. The number of carbonyl (C=O) groups excluding carboxylic acids is 3. The van der Waals surface area contributed by atoms with Crippen LogP contribution in [0.5, 0.6) is 0 Å². The molecule has 2 aliphatic heterocycles. The minimum atomic E-state index is -1.02. The number of likely N-dealkylation sites (N-methyl/N-ethyl adjacent to an activating group) is 1. The number of nitrogens with one attached hydrogen (secondary N) is 1. The summed E-state index contributed by atoms with van der Waals surface area (Å²) in [5.41, 5.74) is -0.338. The molecule has 1 atom stereocenters. The third kappa shape index (κ3) is 3.61. The molecule has 1 aromatic rings. The van der Waals surface area contributed by atoms with E-state index in [1.165, 1.54) is 0 Å². The molecule has 1 aromatic heterocycles. The Morgan fingerprint density at radius 2 is 1.87 bits per heavy atom. The first-order chi connectivity index (χ1) is 14.3. The molecule has 0 bridgehead atoms. The predicted octanol–water partition coefficient (Wildman–Crippen LogP) is 2.05. The highest BCUT2D eigenvalue weighted by molar-refractivity contribution is 6.02. The van der Waals surface area contributed by atoms with Gasteiger partial charge in [-0.25, -0.2) is 0 Å². The highest BCUT2D eigenvalue weighted by Crippen LogP contribution is 2.29. The van der Waals surface area contributed by atoms with Crippen LogP contribution in [0.15, 0.2) is 6.07 Å². The number of piperidine rings is 1. The zero-order valence-corrected chi connectivity index (χ0v) is 18.3. The fraction of sp³-hybridized carbons (Fsp3) is 0.727. The maximum absolute atomic E-state index is 13.2. The molecule has 3 aliphatic rings. The Labute approximate surface area is 178 Å². The lowest BCUT2D eigenvalue weighted by Gasteiger charge is -2.43. The predicted molar refractivity (Wildman–Crippen MR) is 112 cm³/mol. The average molecular weight is 416 g/mol. The van der Waals surface area contributed by atoms with Crippen molar-refractivity contribution < 1.29 is 14.4 Å². The first-order valence-corrected chi connectivity index (χ1v) is 11.3. The summed E-state index contributed by atoms with van der Waals surface area (Å²) in [6.45, 7) is 8.00. The average Bonchev–Trinajstić information content (AvgIpc) is 3.38. The van der Waals surface area contributed by atoms with Gasteiger partial charge in [0, 0.05) is 31.7 Å². The molecule has 4 rings (SSSR count). The van der Waals surface area contributed by atoms with Crippen molar-refractivity contribution >= 4 is 17.7 Å². The van der Waals surface area contributed by atoms with Gasteiger partial charge in [0.1, 0.15) is 11.2 Å². The highest BCUT2D eigenvalue weighted by Gasteiger charge is 2.48.